The van der Waals surface area contributed by atoms with Crippen LogP contribution in [0.5, 0.6) is 0 Å². The first-order valence-electron chi connectivity index (χ1n) is 6.32. The van der Waals surface area contributed by atoms with E-state index in [9.17, 15) is 0 Å². The summed E-state index contributed by atoms with van der Waals surface area (Å²) in [6.45, 7) is 9.32. The average molecular weight is 252 g/mol. The highest BCUT2D eigenvalue weighted by atomic mass is 31.1. The summed E-state index contributed by atoms with van der Waals surface area (Å²) < 4.78 is 0. The van der Waals surface area contributed by atoms with Crippen LogP contribution < -0.4 is 10.6 Å². The number of anilines is 2. The molecule has 0 amide bonds. The van der Waals surface area contributed by atoms with E-state index in [1.165, 1.54) is 11.4 Å². The van der Waals surface area contributed by atoms with Crippen molar-refractivity contribution in [1.29, 1.82) is 0 Å². The third kappa shape index (κ3) is 4.20. The molecule has 0 saturated heterocycles. The van der Waals surface area contributed by atoms with Crippen LogP contribution >= 0.6 is 7.92 Å². The topological polar surface area (TPSA) is 24.1 Å². The van der Waals surface area contributed by atoms with Crippen LogP contribution in [0, 0.1) is 0 Å². The SMILES string of the molecule is CNc1ccccc1NCP(C(C)C)C(C)C. The van der Waals surface area contributed by atoms with Gasteiger partial charge in [0.1, 0.15) is 0 Å². The Morgan fingerprint density at radius 2 is 1.53 bits per heavy atom. The molecule has 0 bridgehead atoms. The first-order chi connectivity index (χ1) is 8.06. The van der Waals surface area contributed by atoms with Crippen LogP contribution in [0.15, 0.2) is 24.3 Å². The van der Waals surface area contributed by atoms with Crippen LogP contribution in [0.25, 0.3) is 0 Å². The molecule has 0 aliphatic rings. The number of benzene rings is 1. The molecular formula is C14H25N2P. The van der Waals surface area contributed by atoms with Crippen molar-refractivity contribution in [2.24, 2.45) is 0 Å². The lowest BCUT2D eigenvalue weighted by molar-refractivity contribution is 1.00. The fourth-order valence-corrected chi connectivity index (χ4v) is 4.27. The van der Waals surface area contributed by atoms with E-state index in [4.69, 9.17) is 0 Å². The van der Waals surface area contributed by atoms with Crippen LogP contribution in [0.4, 0.5) is 11.4 Å². The number of nitrogens with one attached hydrogen (secondary N) is 2. The van der Waals surface area contributed by atoms with Crippen LogP contribution in [-0.4, -0.2) is 24.7 Å². The van der Waals surface area contributed by atoms with Gasteiger partial charge in [-0.25, -0.2) is 0 Å². The first-order valence-corrected chi connectivity index (χ1v) is 7.99. The predicted molar refractivity (Wildman–Crippen MR) is 81.7 cm³/mol. The number of rotatable bonds is 6. The standard InChI is InChI=1S/C14H25N2P/c1-11(2)17(12(3)4)10-16-14-9-7-6-8-13(14)15-5/h6-9,11-12,15-16H,10H2,1-5H3. The maximum atomic E-state index is 3.59. The van der Waals surface area contributed by atoms with Crippen molar-refractivity contribution in [3.8, 4) is 0 Å². The van der Waals surface area contributed by atoms with Gasteiger partial charge in [-0.2, -0.15) is 0 Å². The zero-order valence-corrected chi connectivity index (χ0v) is 12.5. The summed E-state index contributed by atoms with van der Waals surface area (Å²) in [7, 11) is 2.01. The molecule has 0 heterocycles. The Balaban J connectivity index is 2.65. The molecule has 17 heavy (non-hydrogen) atoms. The molecule has 0 saturated carbocycles. The summed E-state index contributed by atoms with van der Waals surface area (Å²) >= 11 is 0. The van der Waals surface area contributed by atoms with Crippen molar-refractivity contribution < 1.29 is 0 Å². The van der Waals surface area contributed by atoms with Crippen LogP contribution in [0.1, 0.15) is 27.7 Å². The van der Waals surface area contributed by atoms with E-state index in [1.54, 1.807) is 0 Å². The van der Waals surface area contributed by atoms with Gasteiger partial charge < -0.3 is 10.6 Å². The molecule has 1 aromatic carbocycles. The van der Waals surface area contributed by atoms with Gasteiger partial charge in [-0.05, 0) is 23.5 Å². The Morgan fingerprint density at radius 3 is 2.00 bits per heavy atom. The molecule has 2 N–H and O–H groups in total. The van der Waals surface area contributed by atoms with Gasteiger partial charge in [-0.1, -0.05) is 47.7 Å². The highest BCUT2D eigenvalue weighted by Gasteiger charge is 2.16. The molecule has 0 unspecified atom stereocenters. The highest BCUT2D eigenvalue weighted by molar-refractivity contribution is 7.59. The van der Waals surface area contributed by atoms with Gasteiger partial charge in [0.2, 0.25) is 0 Å². The van der Waals surface area contributed by atoms with Crippen molar-refractivity contribution >= 4 is 19.3 Å². The lowest BCUT2D eigenvalue weighted by Gasteiger charge is -2.27. The van der Waals surface area contributed by atoms with Gasteiger partial charge in [-0.15, -0.1) is 0 Å². The molecule has 0 aliphatic carbocycles. The van der Waals surface area contributed by atoms with E-state index in [-0.39, 0.29) is 7.92 Å². The molecule has 0 radical (unpaired) electrons. The minimum Gasteiger partial charge on any atom is -0.386 e. The van der Waals surface area contributed by atoms with Gasteiger partial charge in [0, 0.05) is 13.3 Å². The Hall–Kier alpha value is -0.750. The Labute approximate surface area is 107 Å². The smallest absolute Gasteiger partial charge is 0.0578 e. The van der Waals surface area contributed by atoms with E-state index in [0.717, 1.165) is 17.6 Å². The Kier molecular flexibility index (Phi) is 5.77. The van der Waals surface area contributed by atoms with E-state index >= 15 is 0 Å². The quantitative estimate of drug-likeness (QED) is 0.733. The minimum absolute atomic E-state index is 0.0414. The Morgan fingerprint density at radius 1 is 1.00 bits per heavy atom. The predicted octanol–water partition coefficient (Wildman–Crippen LogP) is 4.40. The minimum atomic E-state index is 0.0414. The largest absolute Gasteiger partial charge is 0.386 e. The molecule has 96 valence electrons. The molecule has 0 aliphatic heterocycles. The van der Waals surface area contributed by atoms with E-state index in [1.807, 2.05) is 7.05 Å². The van der Waals surface area contributed by atoms with Crippen molar-refractivity contribution in [2.75, 3.05) is 24.0 Å². The van der Waals surface area contributed by atoms with E-state index in [2.05, 4.69) is 62.6 Å². The molecule has 1 rings (SSSR count). The summed E-state index contributed by atoms with van der Waals surface area (Å²) in [5.74, 6) is 0. The summed E-state index contributed by atoms with van der Waals surface area (Å²) in [4.78, 5) is 0. The van der Waals surface area contributed by atoms with Gasteiger partial charge in [0.05, 0.1) is 11.4 Å². The number of hydrogen-bond acceptors (Lipinski definition) is 2. The molecule has 1 aromatic rings. The van der Waals surface area contributed by atoms with Crippen molar-refractivity contribution in [2.45, 2.75) is 39.0 Å². The summed E-state index contributed by atoms with van der Waals surface area (Å²) in [6, 6.07) is 8.39. The van der Waals surface area contributed by atoms with Gasteiger partial charge in [0.25, 0.3) is 0 Å². The van der Waals surface area contributed by atoms with E-state index < -0.39 is 0 Å². The number of hydrogen-bond donors (Lipinski definition) is 2. The second-order valence-electron chi connectivity index (χ2n) is 4.83. The molecular weight excluding hydrogens is 227 g/mol. The lowest BCUT2D eigenvalue weighted by Crippen LogP contribution is -2.12. The molecule has 0 aromatic heterocycles. The van der Waals surface area contributed by atoms with Gasteiger partial charge in [-0.3, -0.25) is 0 Å². The maximum Gasteiger partial charge on any atom is 0.0578 e. The highest BCUT2D eigenvalue weighted by Crippen LogP contribution is 2.45. The molecule has 3 heteroatoms. The zero-order chi connectivity index (χ0) is 12.8. The average Bonchev–Trinajstić information content (AvgIpc) is 2.29. The summed E-state index contributed by atoms with van der Waals surface area (Å²) in [5, 5.41) is 6.82. The van der Waals surface area contributed by atoms with Crippen LogP contribution in [0.2, 0.25) is 0 Å². The molecule has 0 atom stereocenters. The Bertz CT molecular complexity index is 329. The normalized spacial score (nSPS) is 11.3. The number of para-hydroxylation sites is 2. The van der Waals surface area contributed by atoms with Crippen molar-refractivity contribution in [3.63, 3.8) is 0 Å². The zero-order valence-electron chi connectivity index (χ0n) is 11.6. The fraction of sp³-hybridized carbons (Fsp3) is 0.571. The fourth-order valence-electron chi connectivity index (χ4n) is 1.99. The third-order valence-corrected chi connectivity index (χ3v) is 6.15. The molecule has 0 spiro atoms. The van der Waals surface area contributed by atoms with Gasteiger partial charge in [0.15, 0.2) is 0 Å². The van der Waals surface area contributed by atoms with Crippen molar-refractivity contribution in [3.05, 3.63) is 24.3 Å². The third-order valence-electron chi connectivity index (χ3n) is 2.98. The summed E-state index contributed by atoms with van der Waals surface area (Å²) in [6.07, 6.45) is 1.10. The van der Waals surface area contributed by atoms with Crippen LogP contribution in [-0.2, 0) is 0 Å². The maximum absolute atomic E-state index is 3.59. The first kappa shape index (κ1) is 14.3. The van der Waals surface area contributed by atoms with Gasteiger partial charge >= 0.3 is 0 Å². The van der Waals surface area contributed by atoms with Crippen molar-refractivity contribution in [1.82, 2.24) is 0 Å². The second-order valence-corrected chi connectivity index (χ2v) is 8.24. The summed E-state index contributed by atoms with van der Waals surface area (Å²) in [5.41, 5.74) is 3.94. The van der Waals surface area contributed by atoms with E-state index in [0.29, 0.717) is 0 Å². The second kappa shape index (κ2) is 6.86. The van der Waals surface area contributed by atoms with Crippen LogP contribution in [0.3, 0.4) is 0 Å². The lowest BCUT2D eigenvalue weighted by atomic mass is 10.3. The monoisotopic (exact) mass is 252 g/mol. The molecule has 0 fully saturated rings. The molecule has 2 nitrogen and oxygen atoms in total.